The largest absolute Gasteiger partial charge is 0.309 e. The van der Waals surface area contributed by atoms with Crippen molar-refractivity contribution in [2.75, 3.05) is 0 Å². The van der Waals surface area contributed by atoms with E-state index in [2.05, 4.69) is 44.6 Å². The lowest BCUT2D eigenvalue weighted by Crippen LogP contribution is -2.01. The molecular weight excluding hydrogens is 576 g/mol. The molecule has 0 radical (unpaired) electrons. The molecule has 0 saturated heterocycles. The van der Waals surface area contributed by atoms with Gasteiger partial charge in [-0.3, -0.25) is 0 Å². The summed E-state index contributed by atoms with van der Waals surface area (Å²) in [5, 5.41) is 2.17. The highest BCUT2D eigenvalue weighted by Crippen LogP contribution is 2.39. The fraction of sp³-hybridized carbons (Fsp3) is 0. The minimum absolute atomic E-state index is 0.435. The molecule has 0 fully saturated rings. The molecule has 0 aliphatic rings. The van der Waals surface area contributed by atoms with Gasteiger partial charge in [0.25, 0.3) is 0 Å². The van der Waals surface area contributed by atoms with E-state index in [1.165, 1.54) is 0 Å². The first-order valence-electron chi connectivity index (χ1n) is 15.1. The number of aromatic nitrogens is 4. The number of rotatable bonds is 5. The van der Waals surface area contributed by atoms with Gasteiger partial charge in [0, 0.05) is 33.2 Å². The first-order chi connectivity index (χ1) is 23.2. The predicted octanol–water partition coefficient (Wildman–Crippen LogP) is 10.7. The fourth-order valence-electron chi connectivity index (χ4n) is 6.10. The average molecular weight is 601 g/mol. The number of nitrogens with zero attached hydrogens (tertiary/aromatic N) is 6. The van der Waals surface area contributed by atoms with Crippen LogP contribution in [0.25, 0.3) is 82.5 Å². The third-order valence-electron chi connectivity index (χ3n) is 8.31. The van der Waals surface area contributed by atoms with Crippen molar-refractivity contribution in [2.24, 2.45) is 0 Å². The second-order valence-electron chi connectivity index (χ2n) is 11.1. The molecule has 0 bridgehead atoms. The first-order valence-corrected chi connectivity index (χ1v) is 15.1. The zero-order chi connectivity index (χ0) is 31.7. The maximum atomic E-state index is 8.04. The third-order valence-corrected chi connectivity index (χ3v) is 8.31. The molecule has 2 aromatic heterocycles. The third kappa shape index (κ3) is 4.88. The molecule has 0 unspecified atom stereocenters. The molecule has 0 aliphatic carbocycles. The number of hydrogen-bond donors (Lipinski definition) is 0. The fourth-order valence-corrected chi connectivity index (χ4v) is 6.10. The lowest BCUT2D eigenvalue weighted by molar-refractivity contribution is 1.07. The molecule has 6 nitrogen and oxygen atoms in total. The Morgan fingerprint density at radius 1 is 0.426 bits per heavy atom. The van der Waals surface area contributed by atoms with Crippen LogP contribution in [-0.4, -0.2) is 19.5 Å². The van der Waals surface area contributed by atoms with Gasteiger partial charge in [-0.1, -0.05) is 115 Å². The smallest absolute Gasteiger partial charge is 0.198 e. The van der Waals surface area contributed by atoms with Gasteiger partial charge in [0.1, 0.15) is 0 Å². The molecule has 6 heteroatoms. The average Bonchev–Trinajstić information content (AvgIpc) is 3.48. The maximum absolute atomic E-state index is 8.04. The monoisotopic (exact) mass is 600 g/mol. The zero-order valence-electron chi connectivity index (χ0n) is 25.0. The molecule has 0 atom stereocenters. The van der Waals surface area contributed by atoms with Crippen LogP contribution >= 0.6 is 0 Å². The lowest BCUT2D eigenvalue weighted by atomic mass is 10.0. The van der Waals surface area contributed by atoms with Gasteiger partial charge >= 0.3 is 0 Å². The Kier molecular flexibility index (Phi) is 6.80. The summed E-state index contributed by atoms with van der Waals surface area (Å²) in [6.07, 6.45) is 0. The van der Waals surface area contributed by atoms with Crippen LogP contribution in [0.2, 0.25) is 0 Å². The lowest BCUT2D eigenvalue weighted by Gasteiger charge is -2.13. The number of para-hydroxylation sites is 2. The predicted molar refractivity (Wildman–Crippen MR) is 188 cm³/mol. The van der Waals surface area contributed by atoms with Crippen molar-refractivity contribution in [1.29, 1.82) is 0 Å². The van der Waals surface area contributed by atoms with Crippen molar-refractivity contribution < 1.29 is 0 Å². The van der Waals surface area contributed by atoms with Gasteiger partial charge in [-0.25, -0.2) is 24.6 Å². The van der Waals surface area contributed by atoms with E-state index in [1.807, 2.05) is 115 Å². The Hall–Kier alpha value is -6.89. The summed E-state index contributed by atoms with van der Waals surface area (Å²) < 4.78 is 2.21. The quantitative estimate of drug-likeness (QED) is 0.185. The van der Waals surface area contributed by atoms with Gasteiger partial charge in [0.05, 0.1) is 24.2 Å². The highest BCUT2D eigenvalue weighted by molar-refractivity contribution is 6.11. The van der Waals surface area contributed by atoms with Gasteiger partial charge in [0.2, 0.25) is 0 Å². The molecule has 2 heterocycles. The summed E-state index contributed by atoms with van der Waals surface area (Å²) in [5.41, 5.74) is 8.27. The van der Waals surface area contributed by atoms with Crippen LogP contribution in [0.5, 0.6) is 0 Å². The van der Waals surface area contributed by atoms with Crippen molar-refractivity contribution in [1.82, 2.24) is 19.5 Å². The molecule has 6 aromatic carbocycles. The molecular formula is C41H24N6. The van der Waals surface area contributed by atoms with Gasteiger partial charge in [-0.15, -0.1) is 0 Å². The Bertz CT molecular complexity index is 2480. The van der Waals surface area contributed by atoms with Crippen LogP contribution < -0.4 is 0 Å². The van der Waals surface area contributed by atoms with E-state index in [9.17, 15) is 0 Å². The van der Waals surface area contributed by atoms with E-state index in [0.29, 0.717) is 34.4 Å². The van der Waals surface area contributed by atoms with Crippen molar-refractivity contribution in [3.05, 3.63) is 168 Å². The molecule has 218 valence electrons. The Morgan fingerprint density at radius 3 is 1.70 bits per heavy atom. The minimum Gasteiger partial charge on any atom is -0.309 e. The van der Waals surface area contributed by atoms with Gasteiger partial charge in [-0.2, -0.15) is 0 Å². The summed E-state index contributed by atoms with van der Waals surface area (Å²) in [5.74, 6) is 1.52. The topological polar surface area (TPSA) is 52.3 Å². The van der Waals surface area contributed by atoms with Crippen molar-refractivity contribution in [3.63, 3.8) is 0 Å². The number of fused-ring (bicyclic) bond motifs is 3. The molecule has 8 rings (SSSR count). The summed E-state index contributed by atoms with van der Waals surface area (Å²) in [6, 6.07) is 47.8. The van der Waals surface area contributed by atoms with Crippen LogP contribution in [0.1, 0.15) is 0 Å². The summed E-state index contributed by atoms with van der Waals surface area (Å²) in [4.78, 5) is 22.3. The van der Waals surface area contributed by atoms with Gasteiger partial charge in [-0.05, 0) is 41.5 Å². The van der Waals surface area contributed by atoms with Gasteiger partial charge in [0.15, 0.2) is 28.8 Å². The standard InChI is InChI=1S/C41H24N6/c1-42-35-19-11-9-17-31(35)29-21-24-38-33(25-29)32-18-10-12-20-37(32)47(38)30-22-23-36(43-2)34(26-30)41-45-39(27-13-5-3-6-14-27)44-40(46-41)28-15-7-4-8-16-28/h3-26H. The molecule has 0 spiro atoms. The Labute approximate surface area is 271 Å². The molecule has 8 aromatic rings. The van der Waals surface area contributed by atoms with E-state index in [1.54, 1.807) is 0 Å². The van der Waals surface area contributed by atoms with E-state index in [4.69, 9.17) is 28.1 Å². The van der Waals surface area contributed by atoms with E-state index >= 15 is 0 Å². The second-order valence-corrected chi connectivity index (χ2v) is 11.1. The van der Waals surface area contributed by atoms with Crippen LogP contribution in [0, 0.1) is 13.1 Å². The normalized spacial score (nSPS) is 10.9. The summed E-state index contributed by atoms with van der Waals surface area (Å²) in [7, 11) is 0. The van der Waals surface area contributed by atoms with Gasteiger partial charge < -0.3 is 4.57 Å². The van der Waals surface area contributed by atoms with E-state index in [0.717, 1.165) is 49.7 Å². The van der Waals surface area contributed by atoms with Crippen molar-refractivity contribution in [3.8, 4) is 51.0 Å². The number of hydrogen-bond acceptors (Lipinski definition) is 3. The SMILES string of the molecule is [C-]#[N+]c1ccccc1-c1ccc2c(c1)c1ccccc1n2-c1ccc([N+]#[C-])c(-c2nc(-c3ccccc3)nc(-c3ccccc3)n2)c1. The summed E-state index contributed by atoms with van der Waals surface area (Å²) >= 11 is 0. The minimum atomic E-state index is 0.435. The molecule has 0 saturated carbocycles. The van der Waals surface area contributed by atoms with E-state index < -0.39 is 0 Å². The molecule has 47 heavy (non-hydrogen) atoms. The zero-order valence-corrected chi connectivity index (χ0v) is 25.0. The van der Waals surface area contributed by atoms with Crippen molar-refractivity contribution >= 4 is 33.2 Å². The van der Waals surface area contributed by atoms with Crippen LogP contribution in [-0.2, 0) is 0 Å². The van der Waals surface area contributed by atoms with Crippen LogP contribution in [0.15, 0.2) is 146 Å². The molecule has 0 N–H and O–H groups in total. The first kappa shape index (κ1) is 27.6. The Balaban J connectivity index is 1.35. The highest BCUT2D eigenvalue weighted by atomic mass is 15.0. The maximum Gasteiger partial charge on any atom is 0.198 e. The molecule has 0 amide bonds. The Morgan fingerprint density at radius 2 is 1.00 bits per heavy atom. The van der Waals surface area contributed by atoms with Crippen LogP contribution in [0.4, 0.5) is 11.4 Å². The van der Waals surface area contributed by atoms with Crippen LogP contribution in [0.3, 0.4) is 0 Å². The number of benzene rings is 6. The van der Waals surface area contributed by atoms with E-state index in [-0.39, 0.29) is 0 Å². The molecule has 0 aliphatic heterocycles. The second kappa shape index (κ2) is 11.6. The van der Waals surface area contributed by atoms with Crippen molar-refractivity contribution in [2.45, 2.75) is 0 Å². The summed E-state index contributed by atoms with van der Waals surface area (Å²) in [6.45, 7) is 15.7. The highest BCUT2D eigenvalue weighted by Gasteiger charge is 2.19.